The number of carbonyl (C=O) groups is 1. The molecule has 0 radical (unpaired) electrons. The second kappa shape index (κ2) is 13.0. The number of hydrogen-bond donors (Lipinski definition) is 2. The fourth-order valence-corrected chi connectivity index (χ4v) is 6.13. The average molecular weight is 577 g/mol. The highest BCUT2D eigenvalue weighted by Gasteiger charge is 2.27. The summed E-state index contributed by atoms with van der Waals surface area (Å²) < 4.78 is 7.86. The SMILES string of the molecule is CCC[C@H](C)Nc1ncc2c(-c3ccc(CN4CCN(C(=O)OC(C)(C)C)CC4)cc3)cn([C@H]3CC[C@H](O)CC3)c2n1. The molecule has 2 aliphatic rings. The summed E-state index contributed by atoms with van der Waals surface area (Å²) in [5, 5.41) is 14.6. The van der Waals surface area contributed by atoms with Gasteiger partial charge in [0.25, 0.3) is 0 Å². The molecule has 2 aromatic heterocycles. The Morgan fingerprint density at radius 1 is 1.10 bits per heavy atom. The highest BCUT2D eigenvalue weighted by Crippen LogP contribution is 2.37. The molecule has 228 valence electrons. The summed E-state index contributed by atoms with van der Waals surface area (Å²) in [7, 11) is 0. The summed E-state index contributed by atoms with van der Waals surface area (Å²) >= 11 is 0. The van der Waals surface area contributed by atoms with Crippen molar-refractivity contribution in [2.24, 2.45) is 0 Å². The molecule has 9 heteroatoms. The number of nitrogens with zero attached hydrogens (tertiary/aromatic N) is 5. The summed E-state index contributed by atoms with van der Waals surface area (Å²) in [6, 6.07) is 9.45. The fraction of sp³-hybridized carbons (Fsp3) is 0.606. The number of piperazine rings is 1. The largest absolute Gasteiger partial charge is 0.444 e. The Bertz CT molecular complexity index is 1330. The van der Waals surface area contributed by atoms with Gasteiger partial charge < -0.3 is 24.6 Å². The third-order valence-corrected chi connectivity index (χ3v) is 8.42. The third-order valence-electron chi connectivity index (χ3n) is 8.42. The molecule has 2 N–H and O–H groups in total. The molecule has 9 nitrogen and oxygen atoms in total. The number of hydrogen-bond acceptors (Lipinski definition) is 7. The minimum atomic E-state index is -0.473. The van der Waals surface area contributed by atoms with Crippen molar-refractivity contribution >= 4 is 23.1 Å². The number of anilines is 1. The van der Waals surface area contributed by atoms with Crippen molar-refractivity contribution in [1.82, 2.24) is 24.3 Å². The molecule has 42 heavy (non-hydrogen) atoms. The molecular formula is C33H48N6O3. The van der Waals surface area contributed by atoms with E-state index in [0.29, 0.717) is 31.1 Å². The van der Waals surface area contributed by atoms with Crippen molar-refractivity contribution in [2.75, 3.05) is 31.5 Å². The van der Waals surface area contributed by atoms with Gasteiger partial charge in [-0.3, -0.25) is 4.90 Å². The summed E-state index contributed by atoms with van der Waals surface area (Å²) in [6.07, 6.45) is 9.51. The number of nitrogens with one attached hydrogen (secondary N) is 1. The molecular weight excluding hydrogens is 528 g/mol. The van der Waals surface area contributed by atoms with Crippen LogP contribution in [0.1, 0.15) is 84.7 Å². The maximum Gasteiger partial charge on any atom is 0.410 e. The quantitative estimate of drug-likeness (QED) is 0.328. The molecule has 1 saturated heterocycles. The number of rotatable bonds is 8. The van der Waals surface area contributed by atoms with Gasteiger partial charge in [-0.15, -0.1) is 0 Å². The van der Waals surface area contributed by atoms with Gasteiger partial charge in [-0.25, -0.2) is 9.78 Å². The van der Waals surface area contributed by atoms with Crippen LogP contribution in [0.3, 0.4) is 0 Å². The molecule has 1 amide bonds. The zero-order chi connectivity index (χ0) is 29.9. The van der Waals surface area contributed by atoms with Crippen LogP contribution in [0.15, 0.2) is 36.7 Å². The van der Waals surface area contributed by atoms with Crippen LogP contribution in [-0.2, 0) is 11.3 Å². The van der Waals surface area contributed by atoms with Crippen LogP contribution in [0, 0.1) is 0 Å². The summed E-state index contributed by atoms with van der Waals surface area (Å²) in [4.78, 5) is 26.3. The number of amides is 1. The zero-order valence-electron chi connectivity index (χ0n) is 26.0. The normalized spacial score (nSPS) is 21.0. The maximum atomic E-state index is 12.4. The molecule has 1 aromatic carbocycles. The van der Waals surface area contributed by atoms with E-state index in [2.05, 4.69) is 59.1 Å². The lowest BCUT2D eigenvalue weighted by Crippen LogP contribution is -2.49. The second-order valence-corrected chi connectivity index (χ2v) is 13.1. The molecule has 3 heterocycles. The summed E-state index contributed by atoms with van der Waals surface area (Å²) in [6.45, 7) is 13.9. The minimum Gasteiger partial charge on any atom is -0.444 e. The molecule has 1 aliphatic carbocycles. The topological polar surface area (TPSA) is 95.8 Å². The Morgan fingerprint density at radius 3 is 2.43 bits per heavy atom. The second-order valence-electron chi connectivity index (χ2n) is 13.1. The lowest BCUT2D eigenvalue weighted by molar-refractivity contribution is 0.0139. The van der Waals surface area contributed by atoms with Gasteiger partial charge in [0.05, 0.1) is 6.10 Å². The Labute approximate surface area is 250 Å². The van der Waals surface area contributed by atoms with Crippen LogP contribution >= 0.6 is 0 Å². The number of aliphatic hydroxyl groups is 1. The van der Waals surface area contributed by atoms with Gasteiger partial charge in [0.1, 0.15) is 11.2 Å². The Morgan fingerprint density at radius 2 is 1.79 bits per heavy atom. The number of fused-ring (bicyclic) bond motifs is 1. The first-order valence-electron chi connectivity index (χ1n) is 15.7. The molecule has 1 saturated carbocycles. The molecule has 1 atom stereocenters. The summed E-state index contributed by atoms with van der Waals surface area (Å²) in [5.74, 6) is 0.673. The van der Waals surface area contributed by atoms with Crippen molar-refractivity contribution in [3.05, 3.63) is 42.2 Å². The first-order valence-corrected chi connectivity index (χ1v) is 15.7. The lowest BCUT2D eigenvalue weighted by Gasteiger charge is -2.35. The van der Waals surface area contributed by atoms with Crippen molar-refractivity contribution in [2.45, 2.75) is 103 Å². The lowest BCUT2D eigenvalue weighted by atomic mass is 9.93. The van der Waals surface area contributed by atoms with Gasteiger partial charge in [-0.05, 0) is 70.9 Å². The van der Waals surface area contributed by atoms with Gasteiger partial charge in [-0.2, -0.15) is 4.98 Å². The van der Waals surface area contributed by atoms with E-state index in [9.17, 15) is 9.90 Å². The molecule has 2 fully saturated rings. The number of aromatic nitrogens is 3. The van der Waals surface area contributed by atoms with E-state index in [1.165, 1.54) is 5.56 Å². The van der Waals surface area contributed by atoms with Crippen LogP contribution in [0.5, 0.6) is 0 Å². The van der Waals surface area contributed by atoms with E-state index in [0.717, 1.165) is 80.3 Å². The Balaban J connectivity index is 1.31. The maximum absolute atomic E-state index is 12.4. The Kier molecular flexibility index (Phi) is 9.38. The predicted molar refractivity (Wildman–Crippen MR) is 168 cm³/mol. The zero-order valence-corrected chi connectivity index (χ0v) is 26.0. The molecule has 3 aromatic rings. The van der Waals surface area contributed by atoms with E-state index >= 15 is 0 Å². The van der Waals surface area contributed by atoms with E-state index in [1.54, 1.807) is 4.90 Å². The standard InChI is InChI=1S/C33H48N6O3/c1-6-7-23(2)35-31-34-20-28-29(22-39(30(28)36-31)26-12-14-27(40)15-13-26)25-10-8-24(9-11-25)21-37-16-18-38(19-17-37)32(41)42-33(3,4)5/h8-11,20,22-23,26-27,40H,6-7,12-19,21H2,1-5H3,(H,34,35,36)/t23-,26-,27-/m0/s1. The first kappa shape index (κ1) is 30.3. The number of ether oxygens (including phenoxy) is 1. The van der Waals surface area contributed by atoms with E-state index < -0.39 is 5.60 Å². The van der Waals surface area contributed by atoms with Gasteiger partial charge in [-0.1, -0.05) is 37.6 Å². The van der Waals surface area contributed by atoms with Gasteiger partial charge in [0, 0.05) is 68.2 Å². The molecule has 1 aliphatic heterocycles. The third kappa shape index (κ3) is 7.42. The van der Waals surface area contributed by atoms with Crippen molar-refractivity contribution in [1.29, 1.82) is 0 Å². The highest BCUT2D eigenvalue weighted by atomic mass is 16.6. The number of carbonyl (C=O) groups excluding carboxylic acids is 1. The molecule has 5 rings (SSSR count). The van der Waals surface area contributed by atoms with E-state index in [-0.39, 0.29) is 12.2 Å². The van der Waals surface area contributed by atoms with E-state index in [4.69, 9.17) is 14.7 Å². The van der Waals surface area contributed by atoms with Crippen molar-refractivity contribution in [3.63, 3.8) is 0 Å². The van der Waals surface area contributed by atoms with Crippen molar-refractivity contribution < 1.29 is 14.6 Å². The number of benzene rings is 1. The predicted octanol–water partition coefficient (Wildman–Crippen LogP) is 6.23. The average Bonchev–Trinajstić information content (AvgIpc) is 3.32. The van der Waals surface area contributed by atoms with Gasteiger partial charge in [0.2, 0.25) is 5.95 Å². The van der Waals surface area contributed by atoms with Crippen LogP contribution in [-0.4, -0.2) is 79.5 Å². The molecule has 0 bridgehead atoms. The number of aliphatic hydroxyl groups excluding tert-OH is 1. The van der Waals surface area contributed by atoms with Crippen molar-refractivity contribution in [3.8, 4) is 11.1 Å². The van der Waals surface area contributed by atoms with Gasteiger partial charge >= 0.3 is 6.09 Å². The van der Waals surface area contributed by atoms with E-state index in [1.807, 2.05) is 27.0 Å². The van der Waals surface area contributed by atoms with Gasteiger partial charge in [0.15, 0.2) is 0 Å². The Hall–Kier alpha value is -3.17. The van der Waals surface area contributed by atoms with Crippen LogP contribution in [0.25, 0.3) is 22.2 Å². The monoisotopic (exact) mass is 576 g/mol. The molecule has 0 spiro atoms. The van der Waals surface area contributed by atoms with Crippen LogP contribution in [0.2, 0.25) is 0 Å². The van der Waals surface area contributed by atoms with Crippen LogP contribution in [0.4, 0.5) is 10.7 Å². The van der Waals surface area contributed by atoms with Crippen LogP contribution < -0.4 is 5.32 Å². The summed E-state index contributed by atoms with van der Waals surface area (Å²) in [5.41, 5.74) is 4.03. The minimum absolute atomic E-state index is 0.197. The fourth-order valence-electron chi connectivity index (χ4n) is 6.13. The highest BCUT2D eigenvalue weighted by molar-refractivity contribution is 5.94. The first-order chi connectivity index (χ1) is 20.1. The smallest absolute Gasteiger partial charge is 0.410 e. The molecule has 0 unspecified atom stereocenters.